The summed E-state index contributed by atoms with van der Waals surface area (Å²) in [5.74, 6) is 0.667. The minimum atomic E-state index is -0.206. The van der Waals surface area contributed by atoms with E-state index in [2.05, 4.69) is 22.4 Å². The molecule has 0 saturated heterocycles. The van der Waals surface area contributed by atoms with Crippen LogP contribution in [0.3, 0.4) is 0 Å². The van der Waals surface area contributed by atoms with Crippen LogP contribution in [-0.2, 0) is 6.42 Å². The van der Waals surface area contributed by atoms with Crippen molar-refractivity contribution >= 4 is 23.4 Å². The van der Waals surface area contributed by atoms with Crippen molar-refractivity contribution in [3.05, 3.63) is 11.4 Å². The average molecular weight is 256 g/mol. The molecule has 1 heterocycles. The van der Waals surface area contributed by atoms with E-state index in [4.69, 9.17) is 5.73 Å². The number of thioether (sulfide) groups is 1. The zero-order valence-corrected chi connectivity index (χ0v) is 11.4. The number of hydrogen-bond acceptors (Lipinski definition) is 4. The largest absolute Gasteiger partial charge is 0.395 e. The highest BCUT2D eigenvalue weighted by molar-refractivity contribution is 7.98. The molecule has 96 valence electrons. The van der Waals surface area contributed by atoms with Crippen molar-refractivity contribution in [1.29, 1.82) is 0 Å². The number of nitrogens with two attached hydrogens (primary N) is 1. The summed E-state index contributed by atoms with van der Waals surface area (Å²) in [6.07, 6.45) is 3.79. The highest BCUT2D eigenvalue weighted by atomic mass is 32.2. The molecule has 0 bridgehead atoms. The van der Waals surface area contributed by atoms with Crippen LogP contribution >= 0.6 is 11.8 Å². The molecular formula is C11H20N4OS. The van der Waals surface area contributed by atoms with Crippen molar-refractivity contribution in [3.63, 3.8) is 0 Å². The minimum Gasteiger partial charge on any atom is -0.395 e. The topological polar surface area (TPSA) is 83.8 Å². The van der Waals surface area contributed by atoms with Gasteiger partial charge < -0.3 is 11.1 Å². The Morgan fingerprint density at radius 3 is 2.94 bits per heavy atom. The molecule has 4 N–H and O–H groups in total. The van der Waals surface area contributed by atoms with E-state index >= 15 is 0 Å². The van der Waals surface area contributed by atoms with Gasteiger partial charge in [-0.05, 0) is 19.6 Å². The second kappa shape index (κ2) is 6.54. The third-order valence-electron chi connectivity index (χ3n) is 2.39. The Balaban J connectivity index is 2.69. The second-order valence-corrected chi connectivity index (χ2v) is 4.95. The summed E-state index contributed by atoms with van der Waals surface area (Å²) in [6, 6.07) is 0.114. The normalized spacial score (nSPS) is 12.4. The molecule has 6 heteroatoms. The van der Waals surface area contributed by atoms with Gasteiger partial charge in [0.15, 0.2) is 5.69 Å². The summed E-state index contributed by atoms with van der Waals surface area (Å²) in [5.41, 5.74) is 7.50. The number of aromatic amines is 1. The van der Waals surface area contributed by atoms with Crippen molar-refractivity contribution in [3.8, 4) is 0 Å². The molecule has 0 aliphatic rings. The lowest BCUT2D eigenvalue weighted by Gasteiger charge is -2.11. The first-order valence-corrected chi connectivity index (χ1v) is 7.12. The molecule has 0 aliphatic carbocycles. The summed E-state index contributed by atoms with van der Waals surface area (Å²) < 4.78 is 0. The smallest absolute Gasteiger partial charge is 0.274 e. The first-order chi connectivity index (χ1) is 8.10. The number of aryl methyl sites for hydroxylation is 1. The van der Waals surface area contributed by atoms with Crippen molar-refractivity contribution in [2.45, 2.75) is 32.7 Å². The lowest BCUT2D eigenvalue weighted by Crippen LogP contribution is -2.34. The highest BCUT2D eigenvalue weighted by Crippen LogP contribution is 2.15. The predicted octanol–water partition coefficient (Wildman–Crippen LogP) is 1.43. The Morgan fingerprint density at radius 2 is 2.35 bits per heavy atom. The number of nitrogens with one attached hydrogen (secondary N) is 2. The Kier molecular flexibility index (Phi) is 5.34. The average Bonchev–Trinajstić information content (AvgIpc) is 2.61. The van der Waals surface area contributed by atoms with Crippen LogP contribution in [0.15, 0.2) is 0 Å². The first kappa shape index (κ1) is 13.9. The molecule has 0 saturated carbocycles. The maximum Gasteiger partial charge on any atom is 0.274 e. The first-order valence-electron chi connectivity index (χ1n) is 5.72. The number of carbonyl (C=O) groups excluding carboxylic acids is 1. The number of hydrogen-bond donors (Lipinski definition) is 3. The number of amides is 1. The van der Waals surface area contributed by atoms with Crippen molar-refractivity contribution < 1.29 is 4.79 Å². The molecule has 1 rings (SSSR count). The van der Waals surface area contributed by atoms with Crippen LogP contribution in [0.5, 0.6) is 0 Å². The van der Waals surface area contributed by atoms with Gasteiger partial charge in [0, 0.05) is 11.8 Å². The van der Waals surface area contributed by atoms with Gasteiger partial charge in [0.05, 0.1) is 11.4 Å². The van der Waals surface area contributed by atoms with E-state index in [0.29, 0.717) is 11.4 Å². The minimum absolute atomic E-state index is 0.114. The number of aromatic nitrogens is 2. The summed E-state index contributed by atoms with van der Waals surface area (Å²) in [7, 11) is 0. The maximum atomic E-state index is 11.9. The van der Waals surface area contributed by atoms with E-state index in [1.165, 1.54) is 0 Å². The van der Waals surface area contributed by atoms with E-state index in [1.54, 1.807) is 11.8 Å². The highest BCUT2D eigenvalue weighted by Gasteiger charge is 2.18. The maximum absolute atomic E-state index is 11.9. The van der Waals surface area contributed by atoms with E-state index in [-0.39, 0.29) is 11.9 Å². The van der Waals surface area contributed by atoms with E-state index in [1.807, 2.05) is 13.2 Å². The molecule has 0 spiro atoms. The predicted molar refractivity (Wildman–Crippen MR) is 72.3 cm³/mol. The van der Waals surface area contributed by atoms with Crippen LogP contribution in [0.2, 0.25) is 0 Å². The van der Waals surface area contributed by atoms with Crippen LogP contribution in [0.25, 0.3) is 0 Å². The fourth-order valence-corrected chi connectivity index (χ4v) is 2.17. The van der Waals surface area contributed by atoms with Gasteiger partial charge >= 0.3 is 0 Å². The van der Waals surface area contributed by atoms with Crippen LogP contribution < -0.4 is 11.1 Å². The molecular weight excluding hydrogens is 236 g/mol. The van der Waals surface area contributed by atoms with Crippen LogP contribution in [0.1, 0.15) is 36.5 Å². The number of anilines is 1. The molecule has 1 aromatic heterocycles. The van der Waals surface area contributed by atoms with E-state index in [0.717, 1.165) is 24.3 Å². The zero-order chi connectivity index (χ0) is 12.8. The molecule has 0 fully saturated rings. The molecule has 1 unspecified atom stereocenters. The molecule has 17 heavy (non-hydrogen) atoms. The van der Waals surface area contributed by atoms with Gasteiger partial charge in [0.25, 0.3) is 5.91 Å². The van der Waals surface area contributed by atoms with Gasteiger partial charge in [-0.25, -0.2) is 0 Å². The number of nitrogens with zero attached hydrogens (tertiary/aromatic N) is 1. The van der Waals surface area contributed by atoms with Gasteiger partial charge in [-0.1, -0.05) is 13.3 Å². The third-order valence-corrected chi connectivity index (χ3v) is 3.23. The number of H-pyrrole nitrogens is 1. The SMILES string of the molecule is CCCc1[nH]nc(C(=O)NC(C)CSC)c1N. The van der Waals surface area contributed by atoms with E-state index in [9.17, 15) is 4.79 Å². The summed E-state index contributed by atoms with van der Waals surface area (Å²) in [4.78, 5) is 11.9. The summed E-state index contributed by atoms with van der Waals surface area (Å²) >= 11 is 1.69. The number of rotatable bonds is 6. The van der Waals surface area contributed by atoms with Crippen LogP contribution in [-0.4, -0.2) is 34.2 Å². The summed E-state index contributed by atoms with van der Waals surface area (Å²) in [5, 5.41) is 9.67. The number of nitrogen functional groups attached to an aromatic ring is 1. The van der Waals surface area contributed by atoms with Crippen molar-refractivity contribution in [1.82, 2.24) is 15.5 Å². The molecule has 1 aromatic rings. The van der Waals surface area contributed by atoms with E-state index < -0.39 is 0 Å². The quantitative estimate of drug-likeness (QED) is 0.719. The van der Waals surface area contributed by atoms with Gasteiger partial charge in [-0.2, -0.15) is 16.9 Å². The number of carbonyl (C=O) groups is 1. The Hall–Kier alpha value is -1.17. The van der Waals surface area contributed by atoms with Gasteiger partial charge in [-0.15, -0.1) is 0 Å². The van der Waals surface area contributed by atoms with Crippen molar-refractivity contribution in [2.24, 2.45) is 0 Å². The molecule has 0 aromatic carbocycles. The molecule has 1 amide bonds. The van der Waals surface area contributed by atoms with Crippen LogP contribution in [0.4, 0.5) is 5.69 Å². The molecule has 0 aliphatic heterocycles. The Morgan fingerprint density at radius 1 is 1.65 bits per heavy atom. The monoisotopic (exact) mass is 256 g/mol. The standard InChI is InChI=1S/C11H20N4OS/c1-4-5-8-9(12)10(15-14-8)11(16)13-7(2)6-17-3/h7H,4-6,12H2,1-3H3,(H,13,16)(H,14,15). The Labute approximate surface area is 106 Å². The van der Waals surface area contributed by atoms with Gasteiger partial charge in [0.2, 0.25) is 0 Å². The molecule has 0 radical (unpaired) electrons. The fraction of sp³-hybridized carbons (Fsp3) is 0.636. The summed E-state index contributed by atoms with van der Waals surface area (Å²) in [6.45, 7) is 4.02. The second-order valence-electron chi connectivity index (χ2n) is 4.04. The lowest BCUT2D eigenvalue weighted by molar-refractivity contribution is 0.0939. The van der Waals surface area contributed by atoms with Gasteiger partial charge in [0.1, 0.15) is 0 Å². The molecule has 1 atom stereocenters. The van der Waals surface area contributed by atoms with Crippen molar-refractivity contribution in [2.75, 3.05) is 17.7 Å². The molecule has 5 nitrogen and oxygen atoms in total. The zero-order valence-electron chi connectivity index (χ0n) is 10.5. The van der Waals surface area contributed by atoms with Crippen LogP contribution in [0, 0.1) is 0 Å². The van der Waals surface area contributed by atoms with Gasteiger partial charge in [-0.3, -0.25) is 9.89 Å². The fourth-order valence-electron chi connectivity index (χ4n) is 1.58. The third kappa shape index (κ3) is 3.66. The lowest BCUT2D eigenvalue weighted by atomic mass is 10.2. The Bertz CT molecular complexity index is 378.